The van der Waals surface area contributed by atoms with Gasteiger partial charge in [-0.2, -0.15) is 5.01 Å². The smallest absolute Gasteiger partial charge is 0.433 e. The molecule has 11 heteroatoms. The minimum atomic E-state index is -4.30. The largest absolute Gasteiger partial charge is 0.442 e. The summed E-state index contributed by atoms with van der Waals surface area (Å²) in [7, 11) is -4.30. The maximum absolute atomic E-state index is 12.9. The summed E-state index contributed by atoms with van der Waals surface area (Å²) in [5, 5.41) is 11.2. The molecule has 0 bridgehead atoms. The van der Waals surface area contributed by atoms with E-state index in [1.807, 2.05) is 0 Å². The number of imide groups is 1. The summed E-state index contributed by atoms with van der Waals surface area (Å²) >= 11 is 0. The number of carbonyl (C=O) groups is 2. The molecule has 0 spiro atoms. The maximum Gasteiger partial charge on any atom is 0.433 e. The van der Waals surface area contributed by atoms with Crippen LogP contribution in [-0.4, -0.2) is 46.4 Å². The lowest BCUT2D eigenvalue weighted by Crippen LogP contribution is -2.50. The third-order valence-electron chi connectivity index (χ3n) is 3.44. The number of ether oxygens (including phenoxy) is 1. The highest BCUT2D eigenvalue weighted by Gasteiger charge is 2.48. The van der Waals surface area contributed by atoms with Gasteiger partial charge in [0.1, 0.15) is 5.60 Å². The monoisotopic (exact) mass is 385 g/mol. The number of nitro benzene ring substituents is 1. The minimum absolute atomic E-state index is 0.189. The van der Waals surface area contributed by atoms with Crippen LogP contribution in [0.25, 0.3) is 0 Å². The van der Waals surface area contributed by atoms with Crippen molar-refractivity contribution in [3.8, 4) is 0 Å². The lowest BCUT2D eigenvalue weighted by atomic mass is 10.2. The van der Waals surface area contributed by atoms with Gasteiger partial charge in [0, 0.05) is 18.6 Å². The van der Waals surface area contributed by atoms with E-state index in [-0.39, 0.29) is 17.0 Å². The average Bonchev–Trinajstić information content (AvgIpc) is 2.80. The molecule has 2 amide bonds. The zero-order chi connectivity index (χ0) is 19.9. The zero-order valence-corrected chi connectivity index (χ0v) is 15.5. The van der Waals surface area contributed by atoms with Crippen molar-refractivity contribution in [3.05, 3.63) is 34.4 Å². The normalized spacial score (nSPS) is 18.8. The predicted octanol–water partition coefficient (Wildman–Crippen LogP) is 2.06. The van der Waals surface area contributed by atoms with E-state index in [9.17, 15) is 28.1 Å². The number of nitrogens with zero attached hydrogens (tertiary/aromatic N) is 3. The molecule has 1 aromatic carbocycles. The van der Waals surface area contributed by atoms with Crippen LogP contribution in [0.5, 0.6) is 0 Å². The van der Waals surface area contributed by atoms with Gasteiger partial charge < -0.3 is 4.74 Å². The van der Waals surface area contributed by atoms with Crippen LogP contribution in [0.15, 0.2) is 29.2 Å². The van der Waals surface area contributed by atoms with Crippen LogP contribution in [0, 0.1) is 10.1 Å². The van der Waals surface area contributed by atoms with Crippen LogP contribution >= 0.6 is 0 Å². The molecule has 1 atom stereocenters. The van der Waals surface area contributed by atoms with Crippen LogP contribution in [0.3, 0.4) is 0 Å². The Kier molecular flexibility index (Phi) is 5.06. The lowest BCUT2D eigenvalue weighted by Gasteiger charge is -2.30. The molecular weight excluding hydrogens is 366 g/mol. The fourth-order valence-electron chi connectivity index (χ4n) is 2.40. The molecule has 26 heavy (non-hydrogen) atoms. The van der Waals surface area contributed by atoms with Crippen molar-refractivity contribution in [1.29, 1.82) is 0 Å². The van der Waals surface area contributed by atoms with Crippen molar-refractivity contribution in [2.75, 3.05) is 0 Å². The Balaban J connectivity index is 2.42. The van der Waals surface area contributed by atoms with Gasteiger partial charge in [0.15, 0.2) is 0 Å². The number of nitro groups is 1. The van der Waals surface area contributed by atoms with E-state index < -0.39 is 38.6 Å². The Morgan fingerprint density at radius 2 is 1.81 bits per heavy atom. The van der Waals surface area contributed by atoms with E-state index in [4.69, 9.17) is 4.74 Å². The topological polar surface area (TPSA) is 127 Å². The average molecular weight is 385 g/mol. The molecule has 142 valence electrons. The lowest BCUT2D eigenvalue weighted by molar-refractivity contribution is -0.384. The molecule has 1 fully saturated rings. The van der Waals surface area contributed by atoms with Crippen molar-refractivity contribution in [2.45, 2.75) is 50.7 Å². The van der Waals surface area contributed by atoms with Crippen molar-refractivity contribution < 1.29 is 27.7 Å². The number of benzene rings is 1. The first-order valence-electron chi connectivity index (χ1n) is 7.69. The number of hydrogen-bond donors (Lipinski definition) is 0. The number of rotatable bonds is 3. The number of hydrazine groups is 1. The van der Waals surface area contributed by atoms with Crippen LogP contribution in [0.2, 0.25) is 0 Å². The molecule has 10 nitrogen and oxygen atoms in total. The fraction of sp³-hybridized carbons (Fsp3) is 0.467. The standard InChI is InChI=1S/C15H19N3O7S/c1-10-9-13(19)16(14(20)25-15(2,3)4)17(10)26(23,24)12-7-5-11(6-8-12)18(21)22/h5-8,10H,9H2,1-4H3/t10-/m1/s1. The fourth-order valence-corrected chi connectivity index (χ4v) is 4.02. The molecule has 1 aromatic rings. The summed E-state index contributed by atoms with van der Waals surface area (Å²) in [6.07, 6.45) is -1.29. The Morgan fingerprint density at radius 3 is 2.27 bits per heavy atom. The van der Waals surface area contributed by atoms with Crippen molar-refractivity contribution in [3.63, 3.8) is 0 Å². The Labute approximate surface area is 150 Å². The Hall–Kier alpha value is -2.53. The summed E-state index contributed by atoms with van der Waals surface area (Å²) in [5.74, 6) is -0.711. The summed E-state index contributed by atoms with van der Waals surface area (Å²) in [5.41, 5.74) is -1.20. The molecule has 1 saturated heterocycles. The van der Waals surface area contributed by atoms with Gasteiger partial charge in [0.05, 0.1) is 15.9 Å². The number of amides is 2. The predicted molar refractivity (Wildman–Crippen MR) is 89.3 cm³/mol. The van der Waals surface area contributed by atoms with Crippen LogP contribution < -0.4 is 0 Å². The van der Waals surface area contributed by atoms with Gasteiger partial charge in [-0.05, 0) is 39.8 Å². The van der Waals surface area contributed by atoms with E-state index >= 15 is 0 Å². The van der Waals surface area contributed by atoms with Gasteiger partial charge in [0.25, 0.3) is 15.7 Å². The van der Waals surface area contributed by atoms with Gasteiger partial charge in [-0.3, -0.25) is 14.9 Å². The van der Waals surface area contributed by atoms with Gasteiger partial charge in [0.2, 0.25) is 5.91 Å². The van der Waals surface area contributed by atoms with Crippen molar-refractivity contribution in [1.82, 2.24) is 9.42 Å². The molecule has 1 aliphatic heterocycles. The SMILES string of the molecule is C[C@@H]1CC(=O)N(C(=O)OC(C)(C)C)N1S(=O)(=O)c1ccc([N+](=O)[O-])cc1. The summed E-state index contributed by atoms with van der Waals surface area (Å²) in [6.45, 7) is 6.24. The van der Waals surface area contributed by atoms with E-state index in [1.54, 1.807) is 20.8 Å². The zero-order valence-electron chi connectivity index (χ0n) is 14.7. The second-order valence-corrected chi connectivity index (χ2v) is 8.56. The first-order chi connectivity index (χ1) is 11.8. The molecule has 1 heterocycles. The van der Waals surface area contributed by atoms with E-state index in [0.717, 1.165) is 24.3 Å². The van der Waals surface area contributed by atoms with Crippen LogP contribution in [0.4, 0.5) is 10.5 Å². The summed E-state index contributed by atoms with van der Waals surface area (Å²) in [4.78, 5) is 34.3. The van der Waals surface area contributed by atoms with E-state index in [2.05, 4.69) is 0 Å². The van der Waals surface area contributed by atoms with Crippen LogP contribution in [0.1, 0.15) is 34.1 Å². The Bertz CT molecular complexity index is 843. The van der Waals surface area contributed by atoms with Crippen molar-refractivity contribution in [2.24, 2.45) is 0 Å². The molecule has 0 N–H and O–H groups in total. The van der Waals surface area contributed by atoms with Gasteiger partial charge in [-0.1, -0.05) is 4.41 Å². The molecule has 0 aromatic heterocycles. The summed E-state index contributed by atoms with van der Waals surface area (Å²) < 4.78 is 31.6. The van der Waals surface area contributed by atoms with Crippen LogP contribution in [-0.2, 0) is 19.6 Å². The molecule has 0 saturated carbocycles. The molecule has 0 aliphatic carbocycles. The second kappa shape index (κ2) is 6.65. The number of non-ortho nitro benzene ring substituents is 1. The highest BCUT2D eigenvalue weighted by molar-refractivity contribution is 7.89. The van der Waals surface area contributed by atoms with Gasteiger partial charge >= 0.3 is 6.09 Å². The first-order valence-corrected chi connectivity index (χ1v) is 9.13. The minimum Gasteiger partial charge on any atom is -0.442 e. The maximum atomic E-state index is 12.9. The number of sulfonamides is 1. The molecule has 2 rings (SSSR count). The number of carbonyl (C=O) groups excluding carboxylic acids is 2. The van der Waals surface area contributed by atoms with Gasteiger partial charge in [-0.15, -0.1) is 0 Å². The first kappa shape index (κ1) is 19.8. The molecular formula is C15H19N3O7S. The molecule has 0 unspecified atom stereocenters. The molecule has 1 aliphatic rings. The summed E-state index contributed by atoms with van der Waals surface area (Å²) in [6, 6.07) is 3.36. The highest BCUT2D eigenvalue weighted by Crippen LogP contribution is 2.30. The Morgan fingerprint density at radius 1 is 1.27 bits per heavy atom. The van der Waals surface area contributed by atoms with Gasteiger partial charge in [-0.25, -0.2) is 13.2 Å². The van der Waals surface area contributed by atoms with Crippen molar-refractivity contribution >= 4 is 27.7 Å². The van der Waals surface area contributed by atoms with E-state index in [0.29, 0.717) is 9.42 Å². The quantitative estimate of drug-likeness (QED) is 0.575. The molecule has 0 radical (unpaired) electrons. The van der Waals surface area contributed by atoms with E-state index in [1.165, 1.54) is 6.92 Å². The number of hydrogen-bond acceptors (Lipinski definition) is 7. The highest BCUT2D eigenvalue weighted by atomic mass is 32.2. The third kappa shape index (κ3) is 3.83. The second-order valence-electron chi connectivity index (χ2n) is 6.77. The third-order valence-corrected chi connectivity index (χ3v) is 5.32.